The van der Waals surface area contributed by atoms with Crippen molar-refractivity contribution in [3.05, 3.63) is 28.8 Å². The minimum Gasteiger partial charge on any atom is -0.508 e. The zero-order chi connectivity index (χ0) is 10.0. The molecule has 0 amide bonds. The lowest BCUT2D eigenvalue weighted by atomic mass is 10.0. The number of hydrogen-bond acceptors (Lipinski definition) is 3. The molecular formula is C10H14O3. The number of phenolic OH excluding ortho intramolecular Hbond substituents is 1. The molecule has 1 atom stereocenters. The molecule has 0 saturated carbocycles. The van der Waals surface area contributed by atoms with E-state index >= 15 is 0 Å². The molecule has 0 heterocycles. The minimum absolute atomic E-state index is 0.0321. The van der Waals surface area contributed by atoms with Crippen molar-refractivity contribution < 1.29 is 15.3 Å². The Balaban J connectivity index is 3.15. The van der Waals surface area contributed by atoms with Crippen LogP contribution < -0.4 is 0 Å². The van der Waals surface area contributed by atoms with E-state index in [1.165, 1.54) is 0 Å². The summed E-state index contributed by atoms with van der Waals surface area (Å²) in [5.74, 6) is 0.0321. The van der Waals surface area contributed by atoms with E-state index in [0.29, 0.717) is 5.56 Å². The van der Waals surface area contributed by atoms with Gasteiger partial charge in [0.1, 0.15) is 11.9 Å². The van der Waals surface area contributed by atoms with E-state index in [-0.39, 0.29) is 12.4 Å². The molecule has 0 spiro atoms. The van der Waals surface area contributed by atoms with Crippen LogP contribution >= 0.6 is 0 Å². The second-order valence-corrected chi connectivity index (χ2v) is 3.19. The van der Waals surface area contributed by atoms with Gasteiger partial charge in [-0.05, 0) is 37.1 Å². The Labute approximate surface area is 77.3 Å². The van der Waals surface area contributed by atoms with Gasteiger partial charge in [-0.25, -0.2) is 0 Å². The van der Waals surface area contributed by atoms with Crippen LogP contribution in [0.1, 0.15) is 22.8 Å². The van der Waals surface area contributed by atoms with E-state index in [9.17, 15) is 10.2 Å². The lowest BCUT2D eigenvalue weighted by Crippen LogP contribution is -2.03. The number of aromatic hydroxyl groups is 1. The smallest absolute Gasteiger partial charge is 0.121 e. The molecule has 0 bridgehead atoms. The molecular weight excluding hydrogens is 168 g/mol. The van der Waals surface area contributed by atoms with Crippen LogP contribution in [-0.4, -0.2) is 21.9 Å². The van der Waals surface area contributed by atoms with Gasteiger partial charge in [0.15, 0.2) is 0 Å². The topological polar surface area (TPSA) is 60.7 Å². The van der Waals surface area contributed by atoms with Crippen molar-refractivity contribution in [1.29, 1.82) is 0 Å². The molecule has 0 fully saturated rings. The summed E-state index contributed by atoms with van der Waals surface area (Å²) in [6.07, 6.45) is -1.00. The minimum atomic E-state index is -1.00. The molecule has 13 heavy (non-hydrogen) atoms. The Bertz CT molecular complexity index is 307. The summed E-state index contributed by atoms with van der Waals surface area (Å²) in [7, 11) is 0. The molecule has 72 valence electrons. The molecule has 3 heteroatoms. The first kappa shape index (κ1) is 10.0. The van der Waals surface area contributed by atoms with Gasteiger partial charge in [-0.1, -0.05) is 0 Å². The fourth-order valence-electron chi connectivity index (χ4n) is 1.19. The summed E-state index contributed by atoms with van der Waals surface area (Å²) in [4.78, 5) is 0. The van der Waals surface area contributed by atoms with Crippen LogP contribution in [0.4, 0.5) is 0 Å². The van der Waals surface area contributed by atoms with Gasteiger partial charge < -0.3 is 15.3 Å². The molecule has 0 aliphatic heterocycles. The third kappa shape index (κ3) is 1.99. The van der Waals surface area contributed by atoms with Gasteiger partial charge in [0.2, 0.25) is 0 Å². The lowest BCUT2D eigenvalue weighted by molar-refractivity contribution is 0.0934. The molecule has 0 aliphatic rings. The summed E-state index contributed by atoms with van der Waals surface area (Å²) in [6.45, 7) is 3.39. The Kier molecular flexibility index (Phi) is 2.90. The maximum atomic E-state index is 9.45. The van der Waals surface area contributed by atoms with E-state index < -0.39 is 6.10 Å². The first-order valence-corrected chi connectivity index (χ1v) is 4.15. The van der Waals surface area contributed by atoms with E-state index in [1.54, 1.807) is 12.1 Å². The van der Waals surface area contributed by atoms with Gasteiger partial charge in [-0.3, -0.25) is 0 Å². The molecule has 1 aromatic rings. The van der Waals surface area contributed by atoms with Crippen molar-refractivity contribution in [2.45, 2.75) is 20.0 Å². The molecule has 0 aromatic heterocycles. The van der Waals surface area contributed by atoms with Crippen molar-refractivity contribution >= 4 is 0 Å². The molecule has 3 nitrogen and oxygen atoms in total. The standard InChI is InChI=1S/C10H14O3/c1-6-3-8(10(13)5-11)9(12)4-7(6)2/h3-4,10-13H,5H2,1-2H3. The Hall–Kier alpha value is -1.06. The highest BCUT2D eigenvalue weighted by atomic mass is 16.3. The van der Waals surface area contributed by atoms with Crippen molar-refractivity contribution in [2.24, 2.45) is 0 Å². The van der Waals surface area contributed by atoms with Crippen molar-refractivity contribution in [3.63, 3.8) is 0 Å². The highest BCUT2D eigenvalue weighted by Crippen LogP contribution is 2.26. The van der Waals surface area contributed by atoms with E-state index in [2.05, 4.69) is 0 Å². The highest BCUT2D eigenvalue weighted by Gasteiger charge is 2.12. The number of aliphatic hydroxyl groups is 2. The Morgan fingerprint density at radius 1 is 1.23 bits per heavy atom. The number of aliphatic hydroxyl groups excluding tert-OH is 2. The van der Waals surface area contributed by atoms with Crippen molar-refractivity contribution in [1.82, 2.24) is 0 Å². The fourth-order valence-corrected chi connectivity index (χ4v) is 1.19. The summed E-state index contributed by atoms with van der Waals surface area (Å²) >= 11 is 0. The highest BCUT2D eigenvalue weighted by molar-refractivity contribution is 5.41. The molecule has 0 saturated heterocycles. The van der Waals surface area contributed by atoms with Gasteiger partial charge in [-0.15, -0.1) is 0 Å². The third-order valence-corrected chi connectivity index (χ3v) is 2.17. The molecule has 0 radical (unpaired) electrons. The maximum Gasteiger partial charge on any atom is 0.121 e. The van der Waals surface area contributed by atoms with Crippen LogP contribution in [0.5, 0.6) is 5.75 Å². The summed E-state index contributed by atoms with van der Waals surface area (Å²) in [6, 6.07) is 3.27. The maximum absolute atomic E-state index is 9.45. The lowest BCUT2D eigenvalue weighted by Gasteiger charge is -2.12. The monoisotopic (exact) mass is 182 g/mol. The predicted octanol–water partition coefficient (Wildman–Crippen LogP) is 1.03. The third-order valence-electron chi connectivity index (χ3n) is 2.17. The zero-order valence-corrected chi connectivity index (χ0v) is 7.78. The average molecular weight is 182 g/mol. The van der Waals surface area contributed by atoms with Gasteiger partial charge in [-0.2, -0.15) is 0 Å². The second-order valence-electron chi connectivity index (χ2n) is 3.19. The number of rotatable bonds is 2. The van der Waals surface area contributed by atoms with Gasteiger partial charge in [0.05, 0.1) is 6.61 Å². The number of phenols is 1. The van der Waals surface area contributed by atoms with Gasteiger partial charge in [0, 0.05) is 5.56 Å². The van der Waals surface area contributed by atoms with Crippen LogP contribution in [0.2, 0.25) is 0 Å². The fraction of sp³-hybridized carbons (Fsp3) is 0.400. The van der Waals surface area contributed by atoms with Crippen LogP contribution in [0.25, 0.3) is 0 Å². The van der Waals surface area contributed by atoms with Crippen molar-refractivity contribution in [2.75, 3.05) is 6.61 Å². The molecule has 3 N–H and O–H groups in total. The molecule has 1 aromatic carbocycles. The first-order valence-electron chi connectivity index (χ1n) is 4.15. The van der Waals surface area contributed by atoms with E-state index in [0.717, 1.165) is 11.1 Å². The predicted molar refractivity (Wildman–Crippen MR) is 49.6 cm³/mol. The summed E-state index contributed by atoms with van der Waals surface area (Å²) in [5, 5.41) is 27.5. The Morgan fingerprint density at radius 2 is 1.77 bits per heavy atom. The van der Waals surface area contributed by atoms with Gasteiger partial charge >= 0.3 is 0 Å². The molecule has 1 unspecified atom stereocenters. The molecule has 1 rings (SSSR count). The summed E-state index contributed by atoms with van der Waals surface area (Å²) < 4.78 is 0. The zero-order valence-electron chi connectivity index (χ0n) is 7.78. The number of benzene rings is 1. The van der Waals surface area contributed by atoms with Gasteiger partial charge in [0.25, 0.3) is 0 Å². The first-order chi connectivity index (χ1) is 6.06. The van der Waals surface area contributed by atoms with E-state index in [4.69, 9.17) is 5.11 Å². The van der Waals surface area contributed by atoms with Crippen molar-refractivity contribution in [3.8, 4) is 5.75 Å². The largest absolute Gasteiger partial charge is 0.508 e. The van der Waals surface area contributed by atoms with Crippen LogP contribution in [0.3, 0.4) is 0 Å². The second kappa shape index (κ2) is 3.77. The normalized spacial score (nSPS) is 12.9. The van der Waals surface area contributed by atoms with E-state index in [1.807, 2.05) is 13.8 Å². The SMILES string of the molecule is Cc1cc(O)c(C(O)CO)cc1C. The number of aryl methyl sites for hydroxylation is 2. The average Bonchev–Trinajstić information content (AvgIpc) is 2.10. The Morgan fingerprint density at radius 3 is 2.31 bits per heavy atom. The van der Waals surface area contributed by atoms with Crippen LogP contribution in [-0.2, 0) is 0 Å². The number of hydrogen-bond donors (Lipinski definition) is 3. The quantitative estimate of drug-likeness (QED) is 0.640. The summed E-state index contributed by atoms with van der Waals surface area (Å²) in [5.41, 5.74) is 2.33. The molecule has 0 aliphatic carbocycles. The van der Waals surface area contributed by atoms with Crippen LogP contribution in [0, 0.1) is 13.8 Å². The van der Waals surface area contributed by atoms with Crippen LogP contribution in [0.15, 0.2) is 12.1 Å².